The van der Waals surface area contributed by atoms with E-state index in [0.29, 0.717) is 29.2 Å². The highest BCUT2D eigenvalue weighted by atomic mass is 16.5. The lowest BCUT2D eigenvalue weighted by atomic mass is 9.76. The van der Waals surface area contributed by atoms with Gasteiger partial charge in [0.05, 0.1) is 26.1 Å². The zero-order valence-electron chi connectivity index (χ0n) is 21.0. The third-order valence-electron chi connectivity index (χ3n) is 7.74. The fourth-order valence-electron chi connectivity index (χ4n) is 6.02. The van der Waals surface area contributed by atoms with Gasteiger partial charge in [-0.15, -0.1) is 0 Å². The number of aryl methyl sites for hydroxylation is 1. The molecular weight excluding hydrogens is 476 g/mol. The van der Waals surface area contributed by atoms with E-state index in [1.807, 2.05) is 31.2 Å². The number of hydrogen-bond donors (Lipinski definition) is 3. The minimum atomic E-state index is -1.39. The molecule has 2 fully saturated rings. The van der Waals surface area contributed by atoms with Gasteiger partial charge in [0.15, 0.2) is 11.5 Å². The van der Waals surface area contributed by atoms with Gasteiger partial charge in [0, 0.05) is 30.3 Å². The number of imide groups is 1. The Morgan fingerprint density at radius 1 is 1.05 bits per heavy atom. The molecule has 10 nitrogen and oxygen atoms in total. The Morgan fingerprint density at radius 3 is 2.51 bits per heavy atom. The summed E-state index contributed by atoms with van der Waals surface area (Å²) in [6, 6.07) is 10.4. The second-order valence-corrected chi connectivity index (χ2v) is 9.84. The summed E-state index contributed by atoms with van der Waals surface area (Å²) in [5, 5.41) is 6.21. The van der Waals surface area contributed by atoms with E-state index in [4.69, 9.17) is 15.2 Å². The minimum Gasteiger partial charge on any atom is -0.493 e. The van der Waals surface area contributed by atoms with E-state index in [2.05, 4.69) is 10.6 Å². The monoisotopic (exact) mass is 506 g/mol. The topological polar surface area (TPSA) is 140 Å². The van der Waals surface area contributed by atoms with Gasteiger partial charge in [0.1, 0.15) is 5.54 Å². The number of nitrogens with one attached hydrogen (secondary N) is 2. The van der Waals surface area contributed by atoms with Crippen molar-refractivity contribution in [1.29, 1.82) is 0 Å². The molecule has 4 unspecified atom stereocenters. The van der Waals surface area contributed by atoms with Crippen LogP contribution in [0.5, 0.6) is 11.5 Å². The van der Waals surface area contributed by atoms with Crippen molar-refractivity contribution < 1.29 is 28.7 Å². The number of nitrogens with two attached hydrogens (primary N) is 1. The van der Waals surface area contributed by atoms with Crippen LogP contribution in [0.15, 0.2) is 36.4 Å². The van der Waals surface area contributed by atoms with Crippen LogP contribution in [-0.2, 0) is 31.1 Å². The highest BCUT2D eigenvalue weighted by Crippen LogP contribution is 2.53. The Labute approximate surface area is 214 Å². The van der Waals surface area contributed by atoms with Gasteiger partial charge in [0.2, 0.25) is 23.6 Å². The Bertz CT molecular complexity index is 1310. The van der Waals surface area contributed by atoms with Crippen LogP contribution in [0.3, 0.4) is 0 Å². The first-order valence-corrected chi connectivity index (χ1v) is 12.3. The maximum absolute atomic E-state index is 13.9. The number of anilines is 1. The minimum absolute atomic E-state index is 0.0341. The van der Waals surface area contributed by atoms with Crippen LogP contribution in [-0.4, -0.2) is 55.3 Å². The largest absolute Gasteiger partial charge is 0.493 e. The lowest BCUT2D eigenvalue weighted by Crippen LogP contribution is -2.53. The number of carbonyl (C=O) groups excluding carboxylic acids is 4. The first kappa shape index (κ1) is 24.8. The summed E-state index contributed by atoms with van der Waals surface area (Å²) < 4.78 is 10.7. The molecule has 3 aliphatic heterocycles. The molecule has 0 aliphatic carbocycles. The summed E-state index contributed by atoms with van der Waals surface area (Å²) in [6.45, 7) is 2.06. The molecule has 1 spiro atoms. The zero-order valence-corrected chi connectivity index (χ0v) is 21.0. The lowest BCUT2D eigenvalue weighted by molar-refractivity contribution is -0.142. The molecule has 2 aromatic carbocycles. The van der Waals surface area contributed by atoms with Gasteiger partial charge in [-0.05, 0) is 43.5 Å². The molecule has 2 saturated heterocycles. The molecule has 4 atom stereocenters. The number of benzene rings is 2. The fourth-order valence-corrected chi connectivity index (χ4v) is 6.02. The van der Waals surface area contributed by atoms with Crippen LogP contribution in [0.2, 0.25) is 0 Å². The molecular formula is C27H30N4O6. The lowest BCUT2D eigenvalue weighted by Gasteiger charge is -2.29. The first-order chi connectivity index (χ1) is 17.7. The third-order valence-corrected chi connectivity index (χ3v) is 7.74. The third kappa shape index (κ3) is 3.83. The summed E-state index contributed by atoms with van der Waals surface area (Å²) in [7, 11) is 3.09. The number of carbonyl (C=O) groups is 4. The van der Waals surface area contributed by atoms with Crippen molar-refractivity contribution in [1.82, 2.24) is 10.2 Å². The summed E-state index contributed by atoms with van der Waals surface area (Å²) in [6.07, 6.45) is 0.688. The summed E-state index contributed by atoms with van der Waals surface area (Å²) in [5.74, 6) is -2.18. The second kappa shape index (κ2) is 9.19. The SMILES string of the molecule is COc1ccc(CCN2C(=O)C3C(CCC(N)=O)NC4(C(=O)Nc5ccc(C)cc54)C3C2=O)cc1OC. The number of primary amides is 1. The molecule has 0 bridgehead atoms. The average Bonchev–Trinajstić information content (AvgIpc) is 3.45. The van der Waals surface area contributed by atoms with Gasteiger partial charge in [-0.1, -0.05) is 23.8 Å². The van der Waals surface area contributed by atoms with Crippen LogP contribution >= 0.6 is 0 Å². The normalized spacial score (nSPS) is 25.9. The summed E-state index contributed by atoms with van der Waals surface area (Å²) in [4.78, 5) is 53.9. The van der Waals surface area contributed by atoms with Crippen molar-refractivity contribution in [2.24, 2.45) is 17.6 Å². The molecule has 3 heterocycles. The zero-order chi connectivity index (χ0) is 26.5. The highest BCUT2D eigenvalue weighted by Gasteiger charge is 2.70. The number of ether oxygens (including phenoxy) is 2. The molecule has 37 heavy (non-hydrogen) atoms. The number of rotatable bonds is 8. The van der Waals surface area contributed by atoms with E-state index in [0.717, 1.165) is 11.1 Å². The number of likely N-dealkylation sites (tertiary alicyclic amines) is 1. The van der Waals surface area contributed by atoms with E-state index >= 15 is 0 Å². The maximum Gasteiger partial charge on any atom is 0.250 e. The van der Waals surface area contributed by atoms with Crippen molar-refractivity contribution in [2.45, 2.75) is 37.8 Å². The number of nitrogens with zero attached hydrogens (tertiary/aromatic N) is 1. The second-order valence-electron chi connectivity index (χ2n) is 9.84. The Hall–Kier alpha value is -3.92. The Balaban J connectivity index is 1.48. The smallest absolute Gasteiger partial charge is 0.250 e. The predicted molar refractivity (Wildman–Crippen MR) is 134 cm³/mol. The van der Waals surface area contributed by atoms with Gasteiger partial charge in [-0.25, -0.2) is 0 Å². The van der Waals surface area contributed by atoms with Gasteiger partial charge in [-0.2, -0.15) is 0 Å². The Kier molecular flexibility index (Phi) is 6.15. The number of hydrogen-bond acceptors (Lipinski definition) is 7. The van der Waals surface area contributed by atoms with Crippen LogP contribution in [0.1, 0.15) is 29.5 Å². The van der Waals surface area contributed by atoms with Gasteiger partial charge in [0.25, 0.3) is 0 Å². The number of methoxy groups -OCH3 is 2. The van der Waals surface area contributed by atoms with Crippen molar-refractivity contribution >= 4 is 29.3 Å². The van der Waals surface area contributed by atoms with Crippen molar-refractivity contribution in [3.05, 3.63) is 53.1 Å². The van der Waals surface area contributed by atoms with Crippen molar-refractivity contribution in [3.63, 3.8) is 0 Å². The van der Waals surface area contributed by atoms with Crippen LogP contribution < -0.4 is 25.8 Å². The van der Waals surface area contributed by atoms with Crippen LogP contribution in [0.25, 0.3) is 0 Å². The van der Waals surface area contributed by atoms with Gasteiger partial charge in [-0.3, -0.25) is 29.4 Å². The highest BCUT2D eigenvalue weighted by molar-refractivity contribution is 6.15. The molecule has 0 aromatic heterocycles. The van der Waals surface area contributed by atoms with E-state index in [1.54, 1.807) is 26.4 Å². The molecule has 3 aliphatic rings. The molecule has 0 radical (unpaired) electrons. The number of amides is 4. The van der Waals surface area contributed by atoms with Crippen molar-refractivity contribution in [3.8, 4) is 11.5 Å². The Morgan fingerprint density at radius 2 is 1.81 bits per heavy atom. The molecule has 5 rings (SSSR count). The molecule has 194 valence electrons. The molecule has 0 saturated carbocycles. The van der Waals surface area contributed by atoms with Gasteiger partial charge < -0.3 is 20.5 Å². The summed E-state index contributed by atoms with van der Waals surface area (Å²) >= 11 is 0. The molecule has 10 heteroatoms. The molecule has 4 amide bonds. The van der Waals surface area contributed by atoms with Crippen LogP contribution in [0, 0.1) is 18.8 Å². The fraction of sp³-hybridized carbons (Fsp3) is 0.407. The van der Waals surface area contributed by atoms with E-state index < -0.39 is 35.2 Å². The van der Waals surface area contributed by atoms with Gasteiger partial charge >= 0.3 is 0 Å². The van der Waals surface area contributed by atoms with E-state index in [1.165, 1.54) is 4.90 Å². The van der Waals surface area contributed by atoms with Crippen molar-refractivity contribution in [2.75, 3.05) is 26.1 Å². The maximum atomic E-state index is 13.9. The molecule has 2 aromatic rings. The van der Waals surface area contributed by atoms with Crippen LogP contribution in [0.4, 0.5) is 5.69 Å². The quantitative estimate of drug-likeness (QED) is 0.458. The standard InChI is InChI=1S/C27H30N4O6/c1-14-4-6-17-16(12-14)27(26(35)29-17)23-22(18(30-27)7-9-21(28)32)24(33)31(25(23)34)11-10-15-5-8-19(36-2)20(13-15)37-3/h4-6,8,12-13,18,22-23,30H,7,9-11H2,1-3H3,(H2,28,32)(H,29,35). The number of fused-ring (bicyclic) bond motifs is 4. The molecule has 4 N–H and O–H groups in total. The summed E-state index contributed by atoms with van der Waals surface area (Å²) in [5.41, 5.74) is 7.06. The van der Waals surface area contributed by atoms with E-state index in [9.17, 15) is 19.2 Å². The average molecular weight is 507 g/mol. The first-order valence-electron chi connectivity index (χ1n) is 12.3. The predicted octanol–water partition coefficient (Wildman–Crippen LogP) is 1.24. The van der Waals surface area contributed by atoms with E-state index in [-0.39, 0.29) is 31.2 Å².